The van der Waals surface area contributed by atoms with Crippen LogP contribution in [0.2, 0.25) is 0 Å². The van der Waals surface area contributed by atoms with Crippen molar-refractivity contribution in [2.45, 2.75) is 52.6 Å². The van der Waals surface area contributed by atoms with Gasteiger partial charge in [-0.1, -0.05) is 13.0 Å². The number of carbonyl (C=O) groups excluding carboxylic acids is 1. The van der Waals surface area contributed by atoms with E-state index in [4.69, 9.17) is 9.47 Å². The highest BCUT2D eigenvalue weighted by atomic mass is 16.6. The number of ether oxygens (including phenoxy) is 2. The van der Waals surface area contributed by atoms with Crippen molar-refractivity contribution in [3.8, 4) is 11.8 Å². The summed E-state index contributed by atoms with van der Waals surface area (Å²) in [6.07, 6.45) is 0.533. The third-order valence-electron chi connectivity index (χ3n) is 4.23. The van der Waals surface area contributed by atoms with E-state index < -0.39 is 5.60 Å². The second-order valence-corrected chi connectivity index (χ2v) is 7.22. The van der Waals surface area contributed by atoms with Crippen LogP contribution in [0, 0.1) is 18.3 Å². The van der Waals surface area contributed by atoms with Crippen molar-refractivity contribution in [2.24, 2.45) is 0 Å². The lowest BCUT2D eigenvalue weighted by atomic mass is 9.84. The van der Waals surface area contributed by atoms with Crippen LogP contribution < -0.4 is 4.74 Å². The van der Waals surface area contributed by atoms with E-state index >= 15 is 0 Å². The van der Waals surface area contributed by atoms with Gasteiger partial charge in [-0.25, -0.2) is 4.79 Å². The van der Waals surface area contributed by atoms with Gasteiger partial charge in [0.15, 0.2) is 0 Å². The molecule has 0 radical (unpaired) electrons. The predicted molar refractivity (Wildman–Crippen MR) is 92.4 cm³/mol. The first-order valence-corrected chi connectivity index (χ1v) is 8.30. The van der Waals surface area contributed by atoms with Crippen molar-refractivity contribution in [3.63, 3.8) is 0 Å². The van der Waals surface area contributed by atoms with Crippen LogP contribution in [-0.4, -0.2) is 36.8 Å². The van der Waals surface area contributed by atoms with Crippen LogP contribution in [0.1, 0.15) is 55.9 Å². The standard InChI is InChI=1S/C19H26N2O3/c1-7-13-8-12(2)15(9-20)16(17(13)23-6)14-10-21(11-14)18(22)24-19(3,4)5/h8,14H,7,10-11H2,1-6H3. The zero-order valence-corrected chi connectivity index (χ0v) is 15.4. The molecule has 130 valence electrons. The Labute approximate surface area is 144 Å². The van der Waals surface area contributed by atoms with Crippen molar-refractivity contribution in [1.29, 1.82) is 5.26 Å². The van der Waals surface area contributed by atoms with Crippen molar-refractivity contribution < 1.29 is 14.3 Å². The number of hydrogen-bond acceptors (Lipinski definition) is 4. The third kappa shape index (κ3) is 3.48. The maximum atomic E-state index is 12.1. The van der Waals surface area contributed by atoms with Crippen LogP contribution in [0.4, 0.5) is 4.79 Å². The summed E-state index contributed by atoms with van der Waals surface area (Å²) in [5, 5.41) is 9.57. The molecule has 2 rings (SSSR count). The molecule has 0 saturated carbocycles. The van der Waals surface area contributed by atoms with Gasteiger partial charge >= 0.3 is 6.09 Å². The number of likely N-dealkylation sites (tertiary alicyclic amines) is 1. The fourth-order valence-corrected chi connectivity index (χ4v) is 3.08. The van der Waals surface area contributed by atoms with Gasteiger partial charge in [0.05, 0.1) is 18.7 Å². The van der Waals surface area contributed by atoms with Crippen molar-refractivity contribution in [2.75, 3.05) is 20.2 Å². The molecule has 0 bridgehead atoms. The van der Waals surface area contributed by atoms with E-state index in [1.807, 2.05) is 33.8 Å². The van der Waals surface area contributed by atoms with E-state index in [1.165, 1.54) is 0 Å². The molecule has 1 fully saturated rings. The fourth-order valence-electron chi connectivity index (χ4n) is 3.08. The highest BCUT2D eigenvalue weighted by Crippen LogP contribution is 2.40. The number of carbonyl (C=O) groups is 1. The average Bonchev–Trinajstić information content (AvgIpc) is 2.43. The maximum Gasteiger partial charge on any atom is 0.410 e. The first-order chi connectivity index (χ1) is 11.2. The Hall–Kier alpha value is -2.22. The first-order valence-electron chi connectivity index (χ1n) is 8.30. The Kier molecular flexibility index (Phi) is 5.08. The first kappa shape index (κ1) is 18.1. The van der Waals surface area contributed by atoms with Gasteiger partial charge in [-0.2, -0.15) is 5.26 Å². The van der Waals surface area contributed by atoms with E-state index in [0.717, 1.165) is 28.9 Å². The second kappa shape index (κ2) is 6.72. The molecule has 0 unspecified atom stereocenters. The van der Waals surface area contributed by atoms with Crippen LogP contribution in [-0.2, 0) is 11.2 Å². The van der Waals surface area contributed by atoms with Gasteiger partial charge in [-0.05, 0) is 45.2 Å². The van der Waals surface area contributed by atoms with Crippen LogP contribution in [0.5, 0.6) is 5.75 Å². The zero-order chi connectivity index (χ0) is 18.1. The zero-order valence-electron chi connectivity index (χ0n) is 15.4. The Bertz CT molecular complexity index is 677. The summed E-state index contributed by atoms with van der Waals surface area (Å²) in [4.78, 5) is 13.8. The summed E-state index contributed by atoms with van der Waals surface area (Å²) < 4.78 is 11.0. The van der Waals surface area contributed by atoms with E-state index in [0.29, 0.717) is 18.7 Å². The number of hydrogen-bond donors (Lipinski definition) is 0. The lowest BCUT2D eigenvalue weighted by molar-refractivity contribution is 0.00797. The molecule has 1 saturated heterocycles. The Morgan fingerprint density at radius 2 is 2.04 bits per heavy atom. The molecule has 0 atom stereocenters. The Balaban J connectivity index is 2.27. The number of benzene rings is 1. The molecule has 1 aromatic carbocycles. The molecule has 5 heteroatoms. The summed E-state index contributed by atoms with van der Waals surface area (Å²) in [6.45, 7) is 10.7. The average molecular weight is 330 g/mol. The van der Waals surface area contributed by atoms with E-state index in [9.17, 15) is 10.1 Å². The van der Waals surface area contributed by atoms with Gasteiger partial charge in [-0.15, -0.1) is 0 Å². The SMILES string of the molecule is CCc1cc(C)c(C#N)c(C2CN(C(=O)OC(C)(C)C)C2)c1OC. The number of rotatable bonds is 3. The molecular weight excluding hydrogens is 304 g/mol. The number of nitriles is 1. The predicted octanol–water partition coefficient (Wildman–Crippen LogP) is 3.77. The van der Waals surface area contributed by atoms with E-state index in [1.54, 1.807) is 12.0 Å². The van der Waals surface area contributed by atoms with Crippen molar-refractivity contribution in [1.82, 2.24) is 4.90 Å². The Morgan fingerprint density at radius 1 is 1.42 bits per heavy atom. The summed E-state index contributed by atoms with van der Waals surface area (Å²) in [5.41, 5.74) is 3.14. The molecule has 5 nitrogen and oxygen atoms in total. The lowest BCUT2D eigenvalue weighted by Gasteiger charge is -2.41. The molecule has 1 amide bonds. The number of methoxy groups -OCH3 is 1. The monoisotopic (exact) mass is 330 g/mol. The molecule has 1 heterocycles. The van der Waals surface area contributed by atoms with E-state index in [-0.39, 0.29) is 12.0 Å². The second-order valence-electron chi connectivity index (χ2n) is 7.22. The maximum absolute atomic E-state index is 12.1. The van der Waals surface area contributed by atoms with Crippen LogP contribution >= 0.6 is 0 Å². The molecule has 0 N–H and O–H groups in total. The van der Waals surface area contributed by atoms with Gasteiger partial charge in [0.1, 0.15) is 11.4 Å². The van der Waals surface area contributed by atoms with Gasteiger partial charge in [0.25, 0.3) is 0 Å². The molecule has 0 spiro atoms. The molecule has 24 heavy (non-hydrogen) atoms. The number of nitrogens with zero attached hydrogens (tertiary/aromatic N) is 2. The summed E-state index contributed by atoms with van der Waals surface area (Å²) in [6, 6.07) is 4.33. The molecule has 1 aliphatic rings. The minimum Gasteiger partial charge on any atom is -0.496 e. The van der Waals surface area contributed by atoms with Gasteiger partial charge in [0.2, 0.25) is 0 Å². The van der Waals surface area contributed by atoms with Crippen molar-refractivity contribution >= 4 is 6.09 Å². The minimum atomic E-state index is -0.504. The summed E-state index contributed by atoms with van der Waals surface area (Å²) in [7, 11) is 1.64. The van der Waals surface area contributed by atoms with Crippen LogP contribution in [0.3, 0.4) is 0 Å². The fraction of sp³-hybridized carbons (Fsp3) is 0.579. The Morgan fingerprint density at radius 3 is 2.50 bits per heavy atom. The quantitative estimate of drug-likeness (QED) is 0.846. The number of amides is 1. The number of aryl methyl sites for hydroxylation is 2. The smallest absolute Gasteiger partial charge is 0.410 e. The third-order valence-corrected chi connectivity index (χ3v) is 4.23. The summed E-state index contributed by atoms with van der Waals surface area (Å²) >= 11 is 0. The van der Waals surface area contributed by atoms with Crippen molar-refractivity contribution in [3.05, 3.63) is 28.3 Å². The normalized spacial score (nSPS) is 14.8. The van der Waals surface area contributed by atoms with E-state index in [2.05, 4.69) is 13.0 Å². The molecule has 1 aliphatic heterocycles. The topological polar surface area (TPSA) is 62.6 Å². The molecule has 0 aliphatic carbocycles. The van der Waals surface area contributed by atoms with Gasteiger partial charge < -0.3 is 14.4 Å². The highest BCUT2D eigenvalue weighted by molar-refractivity contribution is 5.70. The van der Waals surface area contributed by atoms with Crippen LogP contribution in [0.25, 0.3) is 0 Å². The van der Waals surface area contributed by atoms with Crippen LogP contribution in [0.15, 0.2) is 6.07 Å². The molecule has 1 aromatic rings. The molecular formula is C19H26N2O3. The lowest BCUT2D eigenvalue weighted by Crippen LogP contribution is -2.50. The summed E-state index contributed by atoms with van der Waals surface area (Å²) in [5.74, 6) is 0.890. The highest BCUT2D eigenvalue weighted by Gasteiger charge is 2.38. The molecule has 0 aromatic heterocycles. The van der Waals surface area contributed by atoms with Gasteiger partial charge in [0, 0.05) is 24.6 Å². The minimum absolute atomic E-state index is 0.104. The largest absolute Gasteiger partial charge is 0.496 e. The van der Waals surface area contributed by atoms with Gasteiger partial charge in [-0.3, -0.25) is 0 Å².